The molecule has 2 N–H and O–H groups in total. The third kappa shape index (κ3) is 8.65. The highest BCUT2D eigenvalue weighted by molar-refractivity contribution is 4.62. The average molecular weight is 228 g/mol. The van der Waals surface area contributed by atoms with Crippen molar-refractivity contribution in [3.05, 3.63) is 0 Å². The molecule has 0 unspecified atom stereocenters. The number of nitrogens with two attached hydrogens (primary N) is 1. The Kier molecular flexibility index (Phi) is 6.87. The topological polar surface area (TPSA) is 38.5 Å². The van der Waals surface area contributed by atoms with Gasteiger partial charge in [-0.05, 0) is 13.8 Å². The zero-order valence-electron chi connectivity index (χ0n) is 9.18. The van der Waals surface area contributed by atoms with Crippen molar-refractivity contribution in [2.24, 2.45) is 5.73 Å². The molecular formula is C9H19F3N2O. The van der Waals surface area contributed by atoms with Crippen LogP contribution in [0.1, 0.15) is 13.8 Å². The van der Waals surface area contributed by atoms with Crippen LogP contribution in [-0.2, 0) is 4.74 Å². The molecule has 0 aliphatic heterocycles. The van der Waals surface area contributed by atoms with Crippen LogP contribution in [0.5, 0.6) is 0 Å². The van der Waals surface area contributed by atoms with E-state index >= 15 is 0 Å². The van der Waals surface area contributed by atoms with Gasteiger partial charge in [-0.25, -0.2) is 0 Å². The van der Waals surface area contributed by atoms with Gasteiger partial charge >= 0.3 is 6.18 Å². The van der Waals surface area contributed by atoms with E-state index in [1.165, 1.54) is 0 Å². The van der Waals surface area contributed by atoms with Gasteiger partial charge in [-0.15, -0.1) is 0 Å². The Balaban J connectivity index is 3.62. The van der Waals surface area contributed by atoms with Crippen molar-refractivity contribution in [3.8, 4) is 0 Å². The first-order valence-electron chi connectivity index (χ1n) is 4.95. The molecule has 0 heterocycles. The Bertz CT molecular complexity index is 162. The molecule has 0 aliphatic carbocycles. The molecule has 0 bridgehead atoms. The van der Waals surface area contributed by atoms with E-state index in [9.17, 15) is 13.2 Å². The highest BCUT2D eigenvalue weighted by Gasteiger charge is 2.27. The smallest absolute Gasteiger partial charge is 0.371 e. The Morgan fingerprint density at radius 2 is 1.87 bits per heavy atom. The van der Waals surface area contributed by atoms with Crippen LogP contribution in [0.3, 0.4) is 0 Å². The molecule has 0 rings (SSSR count). The van der Waals surface area contributed by atoms with Crippen LogP contribution in [0, 0.1) is 0 Å². The lowest BCUT2D eigenvalue weighted by Crippen LogP contribution is -2.38. The summed E-state index contributed by atoms with van der Waals surface area (Å²) in [6, 6.07) is 0.267. The first-order chi connectivity index (χ1) is 6.87. The van der Waals surface area contributed by atoms with Gasteiger partial charge in [-0.2, -0.15) is 13.2 Å². The fraction of sp³-hybridized carbons (Fsp3) is 1.00. The van der Waals surface area contributed by atoms with Crippen LogP contribution in [0.25, 0.3) is 0 Å². The molecule has 92 valence electrons. The molecule has 0 atom stereocenters. The highest BCUT2D eigenvalue weighted by Crippen LogP contribution is 2.14. The molecule has 0 aromatic rings. The maximum absolute atomic E-state index is 11.7. The van der Waals surface area contributed by atoms with Crippen LogP contribution in [0.2, 0.25) is 0 Å². The number of ether oxygens (including phenoxy) is 1. The number of hydrogen-bond acceptors (Lipinski definition) is 3. The van der Waals surface area contributed by atoms with E-state index in [0.717, 1.165) is 0 Å². The van der Waals surface area contributed by atoms with E-state index in [1.54, 1.807) is 0 Å². The van der Waals surface area contributed by atoms with Crippen LogP contribution in [-0.4, -0.2) is 50.0 Å². The van der Waals surface area contributed by atoms with Gasteiger partial charge < -0.3 is 10.5 Å². The van der Waals surface area contributed by atoms with E-state index in [4.69, 9.17) is 5.73 Å². The van der Waals surface area contributed by atoms with Crippen LogP contribution in [0.4, 0.5) is 13.2 Å². The van der Waals surface area contributed by atoms with Crippen molar-refractivity contribution in [1.29, 1.82) is 0 Å². The number of rotatable bonds is 7. The van der Waals surface area contributed by atoms with E-state index in [1.807, 2.05) is 18.7 Å². The van der Waals surface area contributed by atoms with Gasteiger partial charge in [0.25, 0.3) is 0 Å². The molecule has 0 amide bonds. The maximum atomic E-state index is 11.7. The Morgan fingerprint density at radius 1 is 1.27 bits per heavy atom. The molecule has 3 nitrogen and oxygen atoms in total. The minimum absolute atomic E-state index is 0.0810. The summed E-state index contributed by atoms with van der Waals surface area (Å²) in [5, 5.41) is 0. The summed E-state index contributed by atoms with van der Waals surface area (Å²) >= 11 is 0. The summed E-state index contributed by atoms with van der Waals surface area (Å²) in [4.78, 5) is 1.98. The second-order valence-electron chi connectivity index (χ2n) is 3.59. The third-order valence-corrected chi connectivity index (χ3v) is 1.94. The molecule has 0 saturated heterocycles. The predicted octanol–water partition coefficient (Wildman–Crippen LogP) is 1.23. The SMILES string of the molecule is CC(C)N(CCN)CCOCC(F)(F)F. The molecule has 15 heavy (non-hydrogen) atoms. The maximum Gasteiger partial charge on any atom is 0.411 e. The lowest BCUT2D eigenvalue weighted by atomic mass is 10.3. The molecule has 6 heteroatoms. The fourth-order valence-electron chi connectivity index (χ4n) is 1.16. The Hall–Kier alpha value is -0.330. The van der Waals surface area contributed by atoms with Gasteiger partial charge in [0.05, 0.1) is 6.61 Å². The summed E-state index contributed by atoms with van der Waals surface area (Å²) < 4.78 is 39.7. The molecule has 0 aromatic carbocycles. The van der Waals surface area contributed by atoms with E-state index in [-0.39, 0.29) is 12.6 Å². The zero-order chi connectivity index (χ0) is 11.9. The quantitative estimate of drug-likeness (QED) is 0.666. The van der Waals surface area contributed by atoms with Crippen molar-refractivity contribution in [2.45, 2.75) is 26.1 Å². The zero-order valence-corrected chi connectivity index (χ0v) is 9.18. The molecular weight excluding hydrogens is 209 g/mol. The minimum Gasteiger partial charge on any atom is -0.371 e. The van der Waals surface area contributed by atoms with Gasteiger partial charge in [-0.1, -0.05) is 0 Å². The second kappa shape index (κ2) is 7.03. The third-order valence-electron chi connectivity index (χ3n) is 1.94. The van der Waals surface area contributed by atoms with Gasteiger partial charge in [0.2, 0.25) is 0 Å². The lowest BCUT2D eigenvalue weighted by Gasteiger charge is -2.25. The average Bonchev–Trinajstić information content (AvgIpc) is 2.08. The van der Waals surface area contributed by atoms with Crippen molar-refractivity contribution in [2.75, 3.05) is 32.8 Å². The normalized spacial score (nSPS) is 12.8. The van der Waals surface area contributed by atoms with Crippen molar-refractivity contribution in [3.63, 3.8) is 0 Å². The molecule has 0 fully saturated rings. The standard InChI is InChI=1S/C9H19F3N2O/c1-8(2)14(4-3-13)5-6-15-7-9(10,11)12/h8H,3-7,13H2,1-2H3. The van der Waals surface area contributed by atoms with Crippen molar-refractivity contribution >= 4 is 0 Å². The molecule has 0 aromatic heterocycles. The van der Waals surface area contributed by atoms with Gasteiger partial charge in [-0.3, -0.25) is 4.90 Å². The van der Waals surface area contributed by atoms with Gasteiger partial charge in [0.1, 0.15) is 6.61 Å². The van der Waals surface area contributed by atoms with E-state index in [0.29, 0.717) is 19.6 Å². The number of alkyl halides is 3. The van der Waals surface area contributed by atoms with Crippen LogP contribution < -0.4 is 5.73 Å². The number of hydrogen-bond donors (Lipinski definition) is 1. The first kappa shape index (κ1) is 14.7. The first-order valence-corrected chi connectivity index (χ1v) is 4.95. The number of halogens is 3. The fourth-order valence-corrected chi connectivity index (χ4v) is 1.16. The second-order valence-corrected chi connectivity index (χ2v) is 3.59. The Morgan fingerprint density at radius 3 is 2.27 bits per heavy atom. The monoisotopic (exact) mass is 228 g/mol. The van der Waals surface area contributed by atoms with Crippen LogP contribution in [0.15, 0.2) is 0 Å². The van der Waals surface area contributed by atoms with E-state index in [2.05, 4.69) is 4.74 Å². The van der Waals surface area contributed by atoms with Gasteiger partial charge in [0, 0.05) is 25.7 Å². The summed E-state index contributed by atoms with van der Waals surface area (Å²) in [6.45, 7) is 4.49. The molecule has 0 saturated carbocycles. The van der Waals surface area contributed by atoms with E-state index < -0.39 is 12.8 Å². The number of nitrogens with zero attached hydrogens (tertiary/aromatic N) is 1. The predicted molar refractivity (Wildman–Crippen MR) is 52.6 cm³/mol. The summed E-state index contributed by atoms with van der Waals surface area (Å²) in [7, 11) is 0. The highest BCUT2D eigenvalue weighted by atomic mass is 19.4. The lowest BCUT2D eigenvalue weighted by molar-refractivity contribution is -0.174. The van der Waals surface area contributed by atoms with Crippen LogP contribution >= 0.6 is 0 Å². The van der Waals surface area contributed by atoms with Crippen molar-refractivity contribution in [1.82, 2.24) is 4.90 Å². The Labute approximate surface area is 88.4 Å². The molecule has 0 radical (unpaired) electrons. The van der Waals surface area contributed by atoms with Crippen molar-refractivity contribution < 1.29 is 17.9 Å². The summed E-state index contributed by atoms with van der Waals surface area (Å²) in [5.74, 6) is 0. The largest absolute Gasteiger partial charge is 0.411 e. The van der Waals surface area contributed by atoms with Gasteiger partial charge in [0.15, 0.2) is 0 Å². The summed E-state index contributed by atoms with van der Waals surface area (Å²) in [5.41, 5.74) is 5.38. The minimum atomic E-state index is -4.24. The summed E-state index contributed by atoms with van der Waals surface area (Å²) in [6.07, 6.45) is -4.24. The molecule has 0 spiro atoms. The molecule has 0 aliphatic rings.